The van der Waals surface area contributed by atoms with Crippen molar-refractivity contribution in [1.82, 2.24) is 4.98 Å². The molecule has 0 bridgehead atoms. The third-order valence-corrected chi connectivity index (χ3v) is 7.73. The molecule has 1 aliphatic heterocycles. The molecular formula is C32H18Br2N2O5. The van der Waals surface area contributed by atoms with E-state index in [9.17, 15) is 19.2 Å². The number of pyridine rings is 1. The number of amides is 2. The Morgan fingerprint density at radius 2 is 1.39 bits per heavy atom. The Bertz CT molecular complexity index is 1850. The molecule has 0 radical (unpaired) electrons. The van der Waals surface area contributed by atoms with Crippen molar-refractivity contribution in [3.05, 3.63) is 128 Å². The Labute approximate surface area is 251 Å². The van der Waals surface area contributed by atoms with Crippen molar-refractivity contribution in [3.63, 3.8) is 0 Å². The van der Waals surface area contributed by atoms with Crippen LogP contribution in [0.15, 0.2) is 106 Å². The number of aromatic nitrogens is 1. The molecule has 0 N–H and O–H groups in total. The third kappa shape index (κ3) is 5.10. The maximum atomic E-state index is 13.2. The Morgan fingerprint density at radius 1 is 0.756 bits per heavy atom. The van der Waals surface area contributed by atoms with Gasteiger partial charge in [0.05, 0.1) is 33.6 Å². The van der Waals surface area contributed by atoms with E-state index in [1.807, 2.05) is 6.07 Å². The fourth-order valence-electron chi connectivity index (χ4n) is 4.65. The van der Waals surface area contributed by atoms with Gasteiger partial charge in [0, 0.05) is 25.5 Å². The van der Waals surface area contributed by atoms with Crippen LogP contribution in [0.25, 0.3) is 22.2 Å². The molecule has 6 rings (SSSR count). The predicted octanol–water partition coefficient (Wildman–Crippen LogP) is 7.27. The first kappa shape index (κ1) is 26.7. The highest BCUT2D eigenvalue weighted by Gasteiger charge is 2.36. The average molecular weight is 670 g/mol. The molecule has 1 aromatic heterocycles. The molecule has 41 heavy (non-hydrogen) atoms. The topological polar surface area (TPSA) is 93.6 Å². The zero-order valence-corrected chi connectivity index (χ0v) is 24.3. The van der Waals surface area contributed by atoms with E-state index in [0.29, 0.717) is 44.5 Å². The van der Waals surface area contributed by atoms with Crippen molar-refractivity contribution < 1.29 is 23.9 Å². The molecular weight excluding hydrogens is 652 g/mol. The van der Waals surface area contributed by atoms with E-state index < -0.39 is 12.6 Å². The molecule has 2 amide bonds. The maximum Gasteiger partial charge on any atom is 0.339 e. The fourth-order valence-corrected chi connectivity index (χ4v) is 5.27. The molecule has 0 atom stereocenters. The van der Waals surface area contributed by atoms with Crippen LogP contribution >= 0.6 is 31.9 Å². The summed E-state index contributed by atoms with van der Waals surface area (Å²) in [7, 11) is 0. The summed E-state index contributed by atoms with van der Waals surface area (Å²) in [4.78, 5) is 57.5. The number of Topliss-reactive ketones (excluding diaryl/α,β-unsaturated/α-hetero) is 1. The lowest BCUT2D eigenvalue weighted by atomic mass is 10.0. The molecule has 0 spiro atoms. The maximum absolute atomic E-state index is 13.2. The van der Waals surface area contributed by atoms with Gasteiger partial charge < -0.3 is 4.74 Å². The second-order valence-corrected chi connectivity index (χ2v) is 11.1. The van der Waals surface area contributed by atoms with Crippen LogP contribution in [0.3, 0.4) is 0 Å². The SMILES string of the molecule is O=C(COC(=O)c1cc(-c2ccc(N3C(=O)c4ccccc4C3=O)cc2)nc2ccc(Br)cc12)c1ccc(Br)cc1. The van der Waals surface area contributed by atoms with E-state index >= 15 is 0 Å². The minimum absolute atomic E-state index is 0.249. The summed E-state index contributed by atoms with van der Waals surface area (Å²) in [6.07, 6.45) is 0. The van der Waals surface area contributed by atoms with E-state index in [-0.39, 0.29) is 23.2 Å². The number of rotatable bonds is 6. The van der Waals surface area contributed by atoms with Gasteiger partial charge in [0.2, 0.25) is 0 Å². The Kier molecular flexibility index (Phi) is 7.07. The summed E-state index contributed by atoms with van der Waals surface area (Å²) >= 11 is 6.78. The van der Waals surface area contributed by atoms with E-state index in [4.69, 9.17) is 9.72 Å². The first-order chi connectivity index (χ1) is 19.8. The first-order valence-corrected chi connectivity index (χ1v) is 14.0. The van der Waals surface area contributed by atoms with E-state index in [0.717, 1.165) is 13.8 Å². The number of nitrogens with zero attached hydrogens (tertiary/aromatic N) is 2. The van der Waals surface area contributed by atoms with E-state index in [1.165, 1.54) is 0 Å². The van der Waals surface area contributed by atoms with Gasteiger partial charge in [-0.2, -0.15) is 0 Å². The lowest BCUT2D eigenvalue weighted by Crippen LogP contribution is -2.29. The zero-order valence-electron chi connectivity index (χ0n) is 21.1. The van der Waals surface area contributed by atoms with Crippen LogP contribution in [0.5, 0.6) is 0 Å². The van der Waals surface area contributed by atoms with Gasteiger partial charge in [-0.05, 0) is 60.7 Å². The van der Waals surface area contributed by atoms with Crippen molar-refractivity contribution in [2.75, 3.05) is 11.5 Å². The van der Waals surface area contributed by atoms with Crippen LogP contribution in [0, 0.1) is 0 Å². The second kappa shape index (κ2) is 10.8. The number of esters is 1. The summed E-state index contributed by atoms with van der Waals surface area (Å²) in [5.41, 5.74) is 3.55. The number of hydrogen-bond donors (Lipinski definition) is 0. The van der Waals surface area contributed by atoms with Crippen molar-refractivity contribution in [1.29, 1.82) is 0 Å². The van der Waals surface area contributed by atoms with Crippen LogP contribution in [0.1, 0.15) is 41.4 Å². The molecule has 5 aromatic rings. The minimum atomic E-state index is -0.662. The number of carbonyl (C=O) groups excluding carboxylic acids is 4. The number of anilines is 1. The van der Waals surface area contributed by atoms with Gasteiger partial charge in [0.15, 0.2) is 12.4 Å². The molecule has 2 heterocycles. The normalized spacial score (nSPS) is 12.5. The van der Waals surface area contributed by atoms with Gasteiger partial charge in [-0.15, -0.1) is 0 Å². The van der Waals surface area contributed by atoms with Crippen molar-refractivity contribution in [2.24, 2.45) is 0 Å². The van der Waals surface area contributed by atoms with Gasteiger partial charge in [0.25, 0.3) is 11.8 Å². The summed E-state index contributed by atoms with van der Waals surface area (Å²) in [5.74, 6) is -1.75. The molecule has 0 aliphatic carbocycles. The van der Waals surface area contributed by atoms with Crippen LogP contribution in [0.2, 0.25) is 0 Å². The Balaban J connectivity index is 1.29. The van der Waals surface area contributed by atoms with Gasteiger partial charge in [-0.1, -0.05) is 68.3 Å². The lowest BCUT2D eigenvalue weighted by Gasteiger charge is -2.15. The highest BCUT2D eigenvalue weighted by Crippen LogP contribution is 2.32. The van der Waals surface area contributed by atoms with Crippen molar-refractivity contribution in [3.8, 4) is 11.3 Å². The number of ether oxygens (including phenoxy) is 1. The lowest BCUT2D eigenvalue weighted by molar-refractivity contribution is 0.0476. The molecule has 0 saturated carbocycles. The Morgan fingerprint density at radius 3 is 2.05 bits per heavy atom. The third-order valence-electron chi connectivity index (χ3n) is 6.71. The van der Waals surface area contributed by atoms with Crippen molar-refractivity contribution >= 4 is 72.0 Å². The molecule has 0 saturated heterocycles. The largest absolute Gasteiger partial charge is 0.454 e. The summed E-state index contributed by atoms with van der Waals surface area (Å²) in [6, 6.07) is 27.3. The van der Waals surface area contributed by atoms with Crippen LogP contribution < -0.4 is 4.90 Å². The number of hydrogen-bond acceptors (Lipinski definition) is 6. The van der Waals surface area contributed by atoms with Gasteiger partial charge >= 0.3 is 5.97 Å². The molecule has 0 fully saturated rings. The number of ketones is 1. The standard InChI is InChI=1S/C32H18Br2N2O5/c33-20-9-5-19(6-10-20)29(37)17-41-32(40)26-16-28(35-27-14-11-21(34)15-25(26)27)18-7-12-22(13-8-18)36-30(38)23-3-1-2-4-24(23)31(36)39/h1-16H,17H2. The van der Waals surface area contributed by atoms with E-state index in [1.54, 1.807) is 91.0 Å². The summed E-state index contributed by atoms with van der Waals surface area (Å²) in [6.45, 7) is -0.414. The predicted molar refractivity (Wildman–Crippen MR) is 161 cm³/mol. The van der Waals surface area contributed by atoms with Gasteiger partial charge in [-0.25, -0.2) is 14.7 Å². The zero-order chi connectivity index (χ0) is 28.7. The molecule has 9 heteroatoms. The molecule has 1 aliphatic rings. The summed E-state index contributed by atoms with van der Waals surface area (Å²) in [5, 5.41) is 0.562. The van der Waals surface area contributed by atoms with E-state index in [2.05, 4.69) is 31.9 Å². The van der Waals surface area contributed by atoms with Crippen LogP contribution in [-0.2, 0) is 4.74 Å². The molecule has 0 unspecified atom stereocenters. The fraction of sp³-hybridized carbons (Fsp3) is 0.0312. The van der Waals surface area contributed by atoms with Crippen LogP contribution in [-0.4, -0.2) is 35.2 Å². The molecule has 7 nitrogen and oxygen atoms in total. The van der Waals surface area contributed by atoms with Crippen molar-refractivity contribution in [2.45, 2.75) is 0 Å². The molecule has 4 aromatic carbocycles. The highest BCUT2D eigenvalue weighted by atomic mass is 79.9. The summed E-state index contributed by atoms with van der Waals surface area (Å²) < 4.78 is 7.02. The quantitative estimate of drug-likeness (QED) is 0.107. The van der Waals surface area contributed by atoms with Gasteiger partial charge in [0.1, 0.15) is 0 Å². The number of fused-ring (bicyclic) bond motifs is 2. The minimum Gasteiger partial charge on any atom is -0.454 e. The number of carbonyl (C=O) groups is 4. The second-order valence-electron chi connectivity index (χ2n) is 9.26. The van der Waals surface area contributed by atoms with Gasteiger partial charge in [-0.3, -0.25) is 14.4 Å². The smallest absolute Gasteiger partial charge is 0.339 e. The number of halogens is 2. The Hall–Kier alpha value is -4.47. The molecule has 200 valence electrons. The average Bonchev–Trinajstić information content (AvgIpc) is 3.25. The number of imide groups is 1. The highest BCUT2D eigenvalue weighted by molar-refractivity contribution is 9.10. The first-order valence-electron chi connectivity index (χ1n) is 12.4. The monoisotopic (exact) mass is 668 g/mol. The number of benzene rings is 4. The van der Waals surface area contributed by atoms with Crippen LogP contribution in [0.4, 0.5) is 5.69 Å².